The molecular weight excluding hydrogens is 242 g/mol. The van der Waals surface area contributed by atoms with Crippen molar-refractivity contribution < 1.29 is 9.53 Å². The van der Waals surface area contributed by atoms with Crippen LogP contribution in [0.3, 0.4) is 0 Å². The summed E-state index contributed by atoms with van der Waals surface area (Å²) < 4.78 is 5.06. The van der Waals surface area contributed by atoms with Gasteiger partial charge in [0.15, 0.2) is 0 Å². The van der Waals surface area contributed by atoms with Gasteiger partial charge in [-0.05, 0) is 29.8 Å². The molecule has 1 aromatic heterocycles. The van der Waals surface area contributed by atoms with E-state index in [0.29, 0.717) is 17.9 Å². The van der Waals surface area contributed by atoms with E-state index in [-0.39, 0.29) is 5.91 Å². The second-order valence-electron chi connectivity index (χ2n) is 4.04. The standard InChI is InChI=1S/C14H15N3O2/c1-19-12-5-2-10(3-6-12)8-14(18)17-11-4-7-13(15)16-9-11/h2-7,9H,8H2,1H3,(H2,15,16)(H,17,18). The molecule has 5 nitrogen and oxygen atoms in total. The fourth-order valence-electron chi connectivity index (χ4n) is 1.61. The summed E-state index contributed by atoms with van der Waals surface area (Å²) in [4.78, 5) is 15.7. The van der Waals surface area contributed by atoms with E-state index in [1.807, 2.05) is 24.3 Å². The van der Waals surface area contributed by atoms with Crippen molar-refractivity contribution >= 4 is 17.4 Å². The van der Waals surface area contributed by atoms with E-state index < -0.39 is 0 Å². The number of nitrogens with two attached hydrogens (primary N) is 1. The number of nitrogen functional groups attached to an aromatic ring is 1. The number of methoxy groups -OCH3 is 1. The molecule has 0 unspecified atom stereocenters. The van der Waals surface area contributed by atoms with Gasteiger partial charge < -0.3 is 15.8 Å². The number of carbonyl (C=O) groups excluding carboxylic acids is 1. The van der Waals surface area contributed by atoms with E-state index in [0.717, 1.165) is 11.3 Å². The van der Waals surface area contributed by atoms with Crippen LogP contribution in [0.25, 0.3) is 0 Å². The van der Waals surface area contributed by atoms with Crippen molar-refractivity contribution in [2.75, 3.05) is 18.2 Å². The van der Waals surface area contributed by atoms with Crippen molar-refractivity contribution in [1.29, 1.82) is 0 Å². The van der Waals surface area contributed by atoms with Crippen LogP contribution >= 0.6 is 0 Å². The summed E-state index contributed by atoms with van der Waals surface area (Å²) in [7, 11) is 1.61. The van der Waals surface area contributed by atoms with Crippen LogP contribution in [0.4, 0.5) is 11.5 Å². The van der Waals surface area contributed by atoms with Crippen LogP contribution in [0.1, 0.15) is 5.56 Å². The molecule has 1 aromatic carbocycles. The predicted molar refractivity (Wildman–Crippen MR) is 74.0 cm³/mol. The van der Waals surface area contributed by atoms with E-state index in [2.05, 4.69) is 10.3 Å². The van der Waals surface area contributed by atoms with Gasteiger partial charge in [0.1, 0.15) is 11.6 Å². The van der Waals surface area contributed by atoms with Crippen LogP contribution in [0.5, 0.6) is 5.75 Å². The first-order chi connectivity index (χ1) is 9.17. The van der Waals surface area contributed by atoms with Gasteiger partial charge in [0.25, 0.3) is 0 Å². The maximum Gasteiger partial charge on any atom is 0.228 e. The molecule has 0 aliphatic heterocycles. The normalized spacial score (nSPS) is 9.95. The molecule has 5 heteroatoms. The lowest BCUT2D eigenvalue weighted by atomic mass is 10.1. The Labute approximate surface area is 111 Å². The zero-order valence-electron chi connectivity index (χ0n) is 10.6. The monoisotopic (exact) mass is 257 g/mol. The first kappa shape index (κ1) is 12.9. The predicted octanol–water partition coefficient (Wildman–Crippen LogP) is 1.85. The Hall–Kier alpha value is -2.56. The van der Waals surface area contributed by atoms with Crippen LogP contribution in [-0.2, 0) is 11.2 Å². The van der Waals surface area contributed by atoms with Crippen molar-refractivity contribution in [3.05, 3.63) is 48.2 Å². The highest BCUT2D eigenvalue weighted by Gasteiger charge is 2.04. The number of benzene rings is 1. The van der Waals surface area contributed by atoms with Crippen LogP contribution in [-0.4, -0.2) is 18.0 Å². The molecule has 0 atom stereocenters. The molecule has 98 valence electrons. The average Bonchev–Trinajstić information content (AvgIpc) is 2.42. The van der Waals surface area contributed by atoms with E-state index >= 15 is 0 Å². The quantitative estimate of drug-likeness (QED) is 0.876. The average molecular weight is 257 g/mol. The van der Waals surface area contributed by atoms with Gasteiger partial charge >= 0.3 is 0 Å². The summed E-state index contributed by atoms with van der Waals surface area (Å²) in [6.07, 6.45) is 1.83. The highest BCUT2D eigenvalue weighted by atomic mass is 16.5. The zero-order chi connectivity index (χ0) is 13.7. The van der Waals surface area contributed by atoms with Gasteiger partial charge in [0.2, 0.25) is 5.91 Å². The maximum atomic E-state index is 11.8. The molecule has 2 rings (SSSR count). The van der Waals surface area contributed by atoms with Gasteiger partial charge in [-0.2, -0.15) is 0 Å². The minimum atomic E-state index is -0.100. The molecule has 1 amide bonds. The number of ether oxygens (including phenoxy) is 1. The van der Waals surface area contributed by atoms with Crippen LogP contribution < -0.4 is 15.8 Å². The lowest BCUT2D eigenvalue weighted by Crippen LogP contribution is -2.14. The van der Waals surface area contributed by atoms with Gasteiger partial charge in [-0.1, -0.05) is 12.1 Å². The number of pyridine rings is 1. The molecule has 0 aliphatic carbocycles. The Morgan fingerprint density at radius 3 is 2.58 bits per heavy atom. The van der Waals surface area contributed by atoms with Crippen molar-refractivity contribution in [2.45, 2.75) is 6.42 Å². The third kappa shape index (κ3) is 3.70. The van der Waals surface area contributed by atoms with E-state index in [9.17, 15) is 4.79 Å². The summed E-state index contributed by atoms with van der Waals surface area (Å²) >= 11 is 0. The summed E-state index contributed by atoms with van der Waals surface area (Å²) in [6.45, 7) is 0. The number of nitrogens with one attached hydrogen (secondary N) is 1. The Bertz CT molecular complexity index is 550. The summed E-state index contributed by atoms with van der Waals surface area (Å²) in [6, 6.07) is 10.7. The highest BCUT2D eigenvalue weighted by Crippen LogP contribution is 2.13. The Morgan fingerprint density at radius 2 is 2.00 bits per heavy atom. The first-order valence-corrected chi connectivity index (χ1v) is 5.81. The van der Waals surface area contributed by atoms with Crippen molar-refractivity contribution in [3.8, 4) is 5.75 Å². The number of hydrogen-bond acceptors (Lipinski definition) is 4. The third-order valence-electron chi connectivity index (χ3n) is 2.59. The van der Waals surface area contributed by atoms with Crippen molar-refractivity contribution in [2.24, 2.45) is 0 Å². The van der Waals surface area contributed by atoms with Gasteiger partial charge in [-0.15, -0.1) is 0 Å². The molecule has 0 spiro atoms. The number of nitrogens with zero attached hydrogens (tertiary/aromatic N) is 1. The Morgan fingerprint density at radius 1 is 1.26 bits per heavy atom. The molecule has 2 aromatic rings. The second-order valence-corrected chi connectivity index (χ2v) is 4.04. The summed E-state index contributed by atoms with van der Waals surface area (Å²) in [5.41, 5.74) is 7.02. The first-order valence-electron chi connectivity index (χ1n) is 5.81. The number of amides is 1. The molecule has 0 saturated carbocycles. The fraction of sp³-hybridized carbons (Fsp3) is 0.143. The number of carbonyl (C=O) groups is 1. The molecule has 0 fully saturated rings. The largest absolute Gasteiger partial charge is 0.497 e. The molecule has 3 N–H and O–H groups in total. The maximum absolute atomic E-state index is 11.8. The highest BCUT2D eigenvalue weighted by molar-refractivity contribution is 5.92. The van der Waals surface area contributed by atoms with Gasteiger partial charge in [0, 0.05) is 0 Å². The SMILES string of the molecule is COc1ccc(CC(=O)Nc2ccc(N)nc2)cc1. The molecule has 0 saturated heterocycles. The second kappa shape index (κ2) is 5.86. The molecule has 0 radical (unpaired) electrons. The van der Waals surface area contributed by atoms with Crippen LogP contribution in [0, 0.1) is 0 Å². The Kier molecular flexibility index (Phi) is 3.97. The third-order valence-corrected chi connectivity index (χ3v) is 2.59. The van der Waals surface area contributed by atoms with Crippen molar-refractivity contribution in [3.63, 3.8) is 0 Å². The number of hydrogen-bond donors (Lipinski definition) is 2. The lowest BCUT2D eigenvalue weighted by Gasteiger charge is -2.06. The van der Waals surface area contributed by atoms with E-state index in [4.69, 9.17) is 10.5 Å². The molecule has 1 heterocycles. The zero-order valence-corrected chi connectivity index (χ0v) is 10.6. The molecule has 0 bridgehead atoms. The molecular formula is C14H15N3O2. The summed E-state index contributed by atoms with van der Waals surface area (Å²) in [5.74, 6) is 1.09. The molecule has 0 aliphatic rings. The smallest absolute Gasteiger partial charge is 0.228 e. The van der Waals surface area contributed by atoms with Gasteiger partial charge in [0.05, 0.1) is 25.4 Å². The van der Waals surface area contributed by atoms with E-state index in [1.165, 1.54) is 6.20 Å². The van der Waals surface area contributed by atoms with Crippen molar-refractivity contribution in [1.82, 2.24) is 4.98 Å². The summed E-state index contributed by atoms with van der Waals surface area (Å²) in [5, 5.41) is 2.76. The number of anilines is 2. The van der Waals surface area contributed by atoms with Crippen LogP contribution in [0.2, 0.25) is 0 Å². The van der Waals surface area contributed by atoms with Crippen LogP contribution in [0.15, 0.2) is 42.6 Å². The van der Waals surface area contributed by atoms with Gasteiger partial charge in [-0.25, -0.2) is 4.98 Å². The fourth-order valence-corrected chi connectivity index (χ4v) is 1.61. The number of rotatable bonds is 4. The Balaban J connectivity index is 1.95. The molecule has 19 heavy (non-hydrogen) atoms. The lowest BCUT2D eigenvalue weighted by molar-refractivity contribution is -0.115. The number of aromatic nitrogens is 1. The minimum Gasteiger partial charge on any atom is -0.497 e. The topological polar surface area (TPSA) is 77.2 Å². The minimum absolute atomic E-state index is 0.100. The van der Waals surface area contributed by atoms with Gasteiger partial charge in [-0.3, -0.25) is 4.79 Å². The van der Waals surface area contributed by atoms with E-state index in [1.54, 1.807) is 19.2 Å².